The van der Waals surface area contributed by atoms with Gasteiger partial charge in [-0.25, -0.2) is 4.98 Å². The van der Waals surface area contributed by atoms with Gasteiger partial charge in [0.05, 0.1) is 5.69 Å². The highest BCUT2D eigenvalue weighted by atomic mass is 79.9. The number of hydrogen-bond acceptors (Lipinski definition) is 5. The minimum absolute atomic E-state index is 0.0225. The molecule has 0 fully saturated rings. The van der Waals surface area contributed by atoms with Crippen molar-refractivity contribution < 1.29 is 0 Å². The van der Waals surface area contributed by atoms with E-state index in [0.29, 0.717) is 5.75 Å². The molecule has 0 aliphatic heterocycles. The average Bonchev–Trinajstić information content (AvgIpc) is 2.80. The molecule has 0 bridgehead atoms. The van der Waals surface area contributed by atoms with Crippen molar-refractivity contribution in [3.63, 3.8) is 0 Å². The molecule has 1 aromatic carbocycles. The monoisotopic (exact) mass is 381 g/mol. The quantitative estimate of drug-likeness (QED) is 0.554. The van der Waals surface area contributed by atoms with Gasteiger partial charge < -0.3 is 5.73 Å². The lowest BCUT2D eigenvalue weighted by Crippen LogP contribution is -2.14. The van der Waals surface area contributed by atoms with Gasteiger partial charge in [0.25, 0.3) is 5.56 Å². The smallest absolute Gasteiger partial charge is 0.258 e. The minimum Gasteiger partial charge on any atom is -0.399 e. The highest BCUT2D eigenvalue weighted by Crippen LogP contribution is 2.31. The normalized spacial score (nSPS) is 11.1. The summed E-state index contributed by atoms with van der Waals surface area (Å²) in [5.74, 6) is 0.644. The molecule has 2 N–H and O–H groups in total. The van der Waals surface area contributed by atoms with Crippen LogP contribution in [0.5, 0.6) is 0 Å². The van der Waals surface area contributed by atoms with Crippen LogP contribution in [0, 0.1) is 6.92 Å². The predicted molar refractivity (Wildman–Crippen MR) is 92.2 cm³/mol. The minimum atomic E-state index is -0.0225. The first kappa shape index (κ1) is 14.6. The summed E-state index contributed by atoms with van der Waals surface area (Å²) in [6.45, 7) is 1.91. The van der Waals surface area contributed by atoms with E-state index in [-0.39, 0.29) is 5.56 Å². The molecular weight excluding hydrogens is 370 g/mol. The standard InChI is InChI=1S/C14H12BrN3OS2/c1-8-6-21-14-17-10(5-13(19)18(8)14)7-20-12-3-2-9(16)4-11(12)15/h2-6H,7,16H2,1H3. The van der Waals surface area contributed by atoms with Crippen LogP contribution in [-0.4, -0.2) is 9.38 Å². The van der Waals surface area contributed by atoms with Crippen LogP contribution in [0.25, 0.3) is 4.96 Å². The number of thioether (sulfide) groups is 1. The molecule has 21 heavy (non-hydrogen) atoms. The summed E-state index contributed by atoms with van der Waals surface area (Å²) in [5, 5.41) is 1.94. The first-order valence-corrected chi connectivity index (χ1v) is 8.85. The number of aromatic nitrogens is 2. The van der Waals surface area contributed by atoms with Gasteiger partial charge in [-0.3, -0.25) is 9.20 Å². The average molecular weight is 382 g/mol. The molecule has 0 unspecified atom stereocenters. The molecule has 0 aliphatic rings. The summed E-state index contributed by atoms with van der Waals surface area (Å²) in [5.41, 5.74) is 8.13. The van der Waals surface area contributed by atoms with Crippen molar-refractivity contribution in [2.24, 2.45) is 0 Å². The molecule has 108 valence electrons. The van der Waals surface area contributed by atoms with E-state index in [0.717, 1.165) is 31.4 Å². The summed E-state index contributed by atoms with van der Waals surface area (Å²) in [6.07, 6.45) is 0. The third-order valence-corrected chi connectivity index (χ3v) is 5.93. The Hall–Kier alpha value is -1.31. The summed E-state index contributed by atoms with van der Waals surface area (Å²) in [4.78, 5) is 18.5. The van der Waals surface area contributed by atoms with Crippen molar-refractivity contribution in [1.82, 2.24) is 9.38 Å². The van der Waals surface area contributed by atoms with Crippen molar-refractivity contribution in [3.8, 4) is 0 Å². The maximum Gasteiger partial charge on any atom is 0.258 e. The lowest BCUT2D eigenvalue weighted by atomic mass is 10.3. The van der Waals surface area contributed by atoms with E-state index in [1.165, 1.54) is 11.3 Å². The second-order valence-electron chi connectivity index (χ2n) is 4.56. The van der Waals surface area contributed by atoms with Crippen molar-refractivity contribution >= 4 is 49.7 Å². The SMILES string of the molecule is Cc1csc2nc(CSc3ccc(N)cc3Br)cc(=O)n12. The molecule has 0 spiro atoms. The molecular formula is C14H12BrN3OS2. The highest BCUT2D eigenvalue weighted by Gasteiger charge is 2.08. The van der Waals surface area contributed by atoms with E-state index < -0.39 is 0 Å². The number of halogens is 1. The fourth-order valence-electron chi connectivity index (χ4n) is 1.96. The van der Waals surface area contributed by atoms with E-state index in [2.05, 4.69) is 20.9 Å². The van der Waals surface area contributed by atoms with Gasteiger partial charge in [-0.05, 0) is 41.1 Å². The van der Waals surface area contributed by atoms with Gasteiger partial charge in [-0.2, -0.15) is 0 Å². The predicted octanol–water partition coefficient (Wildman–Crippen LogP) is 3.70. The van der Waals surface area contributed by atoms with Crippen molar-refractivity contribution in [3.05, 3.63) is 55.9 Å². The lowest BCUT2D eigenvalue weighted by molar-refractivity contribution is 0.997. The van der Waals surface area contributed by atoms with Crippen LogP contribution in [0.2, 0.25) is 0 Å². The van der Waals surface area contributed by atoms with E-state index in [1.807, 2.05) is 30.5 Å². The Bertz CT molecular complexity index is 872. The summed E-state index contributed by atoms with van der Waals surface area (Å²) < 4.78 is 2.59. The van der Waals surface area contributed by atoms with Crippen molar-refractivity contribution in [2.75, 3.05) is 5.73 Å². The van der Waals surface area contributed by atoms with Crippen LogP contribution in [-0.2, 0) is 5.75 Å². The van der Waals surface area contributed by atoms with E-state index in [9.17, 15) is 4.79 Å². The van der Waals surface area contributed by atoms with Gasteiger partial charge >= 0.3 is 0 Å². The maximum absolute atomic E-state index is 12.1. The van der Waals surface area contributed by atoms with E-state index in [1.54, 1.807) is 22.2 Å². The molecule has 2 aromatic heterocycles. The Morgan fingerprint density at radius 2 is 2.24 bits per heavy atom. The summed E-state index contributed by atoms with van der Waals surface area (Å²) in [6, 6.07) is 7.30. The zero-order valence-corrected chi connectivity index (χ0v) is 14.4. The molecule has 0 aliphatic carbocycles. The van der Waals surface area contributed by atoms with Gasteiger partial charge in [0, 0.05) is 37.9 Å². The van der Waals surface area contributed by atoms with Gasteiger partial charge in [0.15, 0.2) is 4.96 Å². The van der Waals surface area contributed by atoms with Gasteiger partial charge in [0.1, 0.15) is 0 Å². The highest BCUT2D eigenvalue weighted by molar-refractivity contribution is 9.10. The number of nitrogens with two attached hydrogens (primary N) is 1. The van der Waals surface area contributed by atoms with Gasteiger partial charge in [-0.1, -0.05) is 0 Å². The molecule has 0 saturated carbocycles. The number of fused-ring (bicyclic) bond motifs is 1. The fourth-order valence-corrected chi connectivity index (χ4v) is 4.40. The number of nitrogen functional groups attached to an aromatic ring is 1. The van der Waals surface area contributed by atoms with Crippen LogP contribution in [0.1, 0.15) is 11.4 Å². The first-order chi connectivity index (χ1) is 10.0. The van der Waals surface area contributed by atoms with Crippen molar-refractivity contribution in [2.45, 2.75) is 17.6 Å². The van der Waals surface area contributed by atoms with Crippen LogP contribution in [0.4, 0.5) is 5.69 Å². The zero-order valence-electron chi connectivity index (χ0n) is 11.2. The molecule has 0 saturated heterocycles. The number of benzene rings is 1. The molecule has 3 rings (SSSR count). The Labute approximate surface area is 138 Å². The van der Waals surface area contributed by atoms with Crippen LogP contribution >= 0.6 is 39.0 Å². The first-order valence-electron chi connectivity index (χ1n) is 6.19. The number of hydrogen-bond donors (Lipinski definition) is 1. The largest absolute Gasteiger partial charge is 0.399 e. The number of rotatable bonds is 3. The molecule has 0 atom stereocenters. The summed E-state index contributed by atoms with van der Waals surface area (Å²) in [7, 11) is 0. The molecule has 0 amide bonds. The molecule has 7 heteroatoms. The Morgan fingerprint density at radius 1 is 1.43 bits per heavy atom. The second-order valence-corrected chi connectivity index (χ2v) is 7.27. The molecule has 0 radical (unpaired) electrons. The van der Waals surface area contributed by atoms with Crippen molar-refractivity contribution in [1.29, 1.82) is 0 Å². The van der Waals surface area contributed by atoms with Crippen LogP contribution in [0.15, 0.2) is 43.8 Å². The zero-order chi connectivity index (χ0) is 15.0. The topological polar surface area (TPSA) is 60.4 Å². The number of nitrogens with zero attached hydrogens (tertiary/aromatic N) is 2. The Kier molecular flexibility index (Phi) is 4.05. The van der Waals surface area contributed by atoms with Gasteiger partial charge in [0.2, 0.25) is 0 Å². The summed E-state index contributed by atoms with van der Waals surface area (Å²) >= 11 is 6.60. The van der Waals surface area contributed by atoms with Crippen LogP contribution < -0.4 is 11.3 Å². The van der Waals surface area contributed by atoms with E-state index in [4.69, 9.17) is 5.73 Å². The third-order valence-electron chi connectivity index (χ3n) is 2.96. The molecule has 3 aromatic rings. The lowest BCUT2D eigenvalue weighted by Gasteiger charge is -2.05. The Balaban J connectivity index is 1.87. The fraction of sp³-hybridized carbons (Fsp3) is 0.143. The van der Waals surface area contributed by atoms with Gasteiger partial charge in [-0.15, -0.1) is 23.1 Å². The van der Waals surface area contributed by atoms with Crippen LogP contribution in [0.3, 0.4) is 0 Å². The number of aryl methyl sites for hydroxylation is 1. The van der Waals surface area contributed by atoms with E-state index >= 15 is 0 Å². The molecule has 2 heterocycles. The number of thiazole rings is 1. The maximum atomic E-state index is 12.1. The second kappa shape index (κ2) is 5.82. The Morgan fingerprint density at radius 3 is 3.00 bits per heavy atom. The number of anilines is 1. The molecule has 4 nitrogen and oxygen atoms in total. The third kappa shape index (κ3) is 3.00.